The topological polar surface area (TPSA) is 128 Å². The average molecular weight is 346 g/mol. The molecule has 0 spiro atoms. The van der Waals surface area contributed by atoms with E-state index in [-0.39, 0.29) is 22.6 Å². The fraction of sp³-hybridized carbons (Fsp3) is 0.125. The van der Waals surface area contributed by atoms with Gasteiger partial charge in [-0.25, -0.2) is 4.79 Å². The summed E-state index contributed by atoms with van der Waals surface area (Å²) in [7, 11) is 2.56. The highest BCUT2D eigenvalue weighted by molar-refractivity contribution is 6.05. The third-order valence-corrected chi connectivity index (χ3v) is 3.31. The number of nitrogens with one attached hydrogen (secondary N) is 1. The summed E-state index contributed by atoms with van der Waals surface area (Å²) in [6.07, 6.45) is 0. The number of hydrogen-bond donors (Lipinski definition) is 2. The normalized spacial score (nSPS) is 10.0. The van der Waals surface area contributed by atoms with Gasteiger partial charge in [-0.15, -0.1) is 0 Å². The third kappa shape index (κ3) is 3.83. The second kappa shape index (κ2) is 7.30. The minimum atomic E-state index is -1.09. The summed E-state index contributed by atoms with van der Waals surface area (Å²) in [4.78, 5) is 33.6. The van der Waals surface area contributed by atoms with Crippen LogP contribution in [-0.4, -0.2) is 36.1 Å². The van der Waals surface area contributed by atoms with E-state index in [1.54, 1.807) is 0 Å². The van der Waals surface area contributed by atoms with Gasteiger partial charge in [0.1, 0.15) is 0 Å². The smallest absolute Gasteiger partial charge is 0.335 e. The molecule has 0 fully saturated rings. The monoisotopic (exact) mass is 346 g/mol. The van der Waals surface area contributed by atoms with Crippen molar-refractivity contribution in [3.63, 3.8) is 0 Å². The number of carbonyl (C=O) groups is 2. The molecule has 2 aromatic rings. The molecule has 0 saturated carbocycles. The van der Waals surface area contributed by atoms with Gasteiger partial charge in [-0.3, -0.25) is 14.9 Å². The van der Waals surface area contributed by atoms with E-state index in [0.29, 0.717) is 5.69 Å². The van der Waals surface area contributed by atoms with Crippen molar-refractivity contribution < 1.29 is 29.1 Å². The first-order valence-electron chi connectivity index (χ1n) is 6.92. The van der Waals surface area contributed by atoms with Crippen molar-refractivity contribution in [1.82, 2.24) is 0 Å². The lowest BCUT2D eigenvalue weighted by Crippen LogP contribution is -2.13. The number of aromatic carboxylic acids is 1. The molecule has 0 bridgehead atoms. The van der Waals surface area contributed by atoms with Gasteiger partial charge in [-0.1, -0.05) is 0 Å². The van der Waals surface area contributed by atoms with Gasteiger partial charge in [0, 0.05) is 11.8 Å². The first-order valence-corrected chi connectivity index (χ1v) is 6.92. The molecule has 1 amide bonds. The largest absolute Gasteiger partial charge is 0.493 e. The van der Waals surface area contributed by atoms with E-state index in [1.165, 1.54) is 44.6 Å². The van der Waals surface area contributed by atoms with E-state index >= 15 is 0 Å². The predicted molar refractivity (Wildman–Crippen MR) is 87.6 cm³/mol. The standard InChI is InChI=1S/C16H14N2O7/c1-24-13-8-10(7-12(18(22)23)14(13)25-2)15(19)17-11-5-3-9(4-6-11)16(20)21/h3-8H,1-2H3,(H,17,19)(H,20,21). The molecule has 2 aromatic carbocycles. The molecular weight excluding hydrogens is 332 g/mol. The van der Waals surface area contributed by atoms with E-state index in [1.807, 2.05) is 0 Å². The summed E-state index contributed by atoms with van der Waals surface area (Å²) in [5.74, 6) is -1.75. The zero-order valence-corrected chi connectivity index (χ0v) is 13.3. The molecule has 130 valence electrons. The van der Waals surface area contributed by atoms with Crippen LogP contribution in [0.5, 0.6) is 11.5 Å². The Morgan fingerprint density at radius 3 is 2.20 bits per heavy atom. The van der Waals surface area contributed by atoms with Crippen LogP contribution < -0.4 is 14.8 Å². The Bertz CT molecular complexity index is 831. The Morgan fingerprint density at radius 2 is 1.72 bits per heavy atom. The Hall–Kier alpha value is -3.62. The number of methoxy groups -OCH3 is 2. The number of ether oxygens (including phenoxy) is 2. The minimum absolute atomic E-state index is 0.00772. The lowest BCUT2D eigenvalue weighted by Gasteiger charge is -2.11. The van der Waals surface area contributed by atoms with Gasteiger partial charge in [0.2, 0.25) is 5.75 Å². The van der Waals surface area contributed by atoms with Crippen molar-refractivity contribution in [2.45, 2.75) is 0 Å². The van der Waals surface area contributed by atoms with Gasteiger partial charge in [0.15, 0.2) is 5.75 Å². The highest BCUT2D eigenvalue weighted by Gasteiger charge is 2.24. The maximum absolute atomic E-state index is 12.3. The molecule has 0 aliphatic rings. The van der Waals surface area contributed by atoms with Crippen LogP contribution in [0, 0.1) is 10.1 Å². The Kier molecular flexibility index (Phi) is 5.18. The molecule has 0 aliphatic carbocycles. The quantitative estimate of drug-likeness (QED) is 0.607. The molecule has 25 heavy (non-hydrogen) atoms. The lowest BCUT2D eigenvalue weighted by molar-refractivity contribution is -0.385. The number of benzene rings is 2. The van der Waals surface area contributed by atoms with Crippen LogP contribution in [0.15, 0.2) is 36.4 Å². The van der Waals surface area contributed by atoms with Gasteiger partial charge in [-0.05, 0) is 30.3 Å². The molecule has 0 radical (unpaired) electrons. The number of anilines is 1. The molecule has 2 rings (SSSR count). The van der Waals surface area contributed by atoms with Crippen LogP contribution in [0.2, 0.25) is 0 Å². The van der Waals surface area contributed by atoms with Gasteiger partial charge in [0.05, 0.1) is 30.3 Å². The van der Waals surface area contributed by atoms with Crippen molar-refractivity contribution in [3.8, 4) is 11.5 Å². The minimum Gasteiger partial charge on any atom is -0.493 e. The molecule has 0 atom stereocenters. The second-order valence-corrected chi connectivity index (χ2v) is 4.82. The van der Waals surface area contributed by atoms with Gasteiger partial charge >= 0.3 is 11.7 Å². The highest BCUT2D eigenvalue weighted by atomic mass is 16.6. The molecule has 0 heterocycles. The number of carboxylic acid groups (broad SMARTS) is 1. The van der Waals surface area contributed by atoms with E-state index in [0.717, 1.165) is 6.07 Å². The summed E-state index contributed by atoms with van der Waals surface area (Å²) >= 11 is 0. The number of nitro groups is 1. The highest BCUT2D eigenvalue weighted by Crippen LogP contribution is 2.38. The summed E-state index contributed by atoms with van der Waals surface area (Å²) in [6, 6.07) is 7.87. The first-order chi connectivity index (χ1) is 11.9. The lowest BCUT2D eigenvalue weighted by atomic mass is 10.1. The molecule has 9 nitrogen and oxygen atoms in total. The van der Waals surface area contributed by atoms with Crippen molar-refractivity contribution >= 4 is 23.3 Å². The van der Waals surface area contributed by atoms with Gasteiger partial charge in [0.25, 0.3) is 5.91 Å². The molecule has 0 saturated heterocycles. The van der Waals surface area contributed by atoms with Crippen LogP contribution in [0.25, 0.3) is 0 Å². The third-order valence-electron chi connectivity index (χ3n) is 3.31. The van der Waals surface area contributed by atoms with Crippen molar-refractivity contribution in [2.75, 3.05) is 19.5 Å². The first kappa shape index (κ1) is 17.7. The fourth-order valence-electron chi connectivity index (χ4n) is 2.11. The number of amides is 1. The van der Waals surface area contributed by atoms with Crippen LogP contribution >= 0.6 is 0 Å². The van der Waals surface area contributed by atoms with Crippen LogP contribution in [0.4, 0.5) is 11.4 Å². The number of carbonyl (C=O) groups excluding carboxylic acids is 1. The molecule has 0 aromatic heterocycles. The van der Waals surface area contributed by atoms with E-state index in [9.17, 15) is 19.7 Å². The Labute approximate surface area is 141 Å². The van der Waals surface area contributed by atoms with E-state index in [4.69, 9.17) is 14.6 Å². The van der Waals surface area contributed by atoms with Crippen LogP contribution in [0.1, 0.15) is 20.7 Å². The van der Waals surface area contributed by atoms with Gasteiger partial charge in [-0.2, -0.15) is 0 Å². The average Bonchev–Trinajstić information content (AvgIpc) is 2.60. The van der Waals surface area contributed by atoms with E-state index < -0.39 is 22.5 Å². The predicted octanol–water partition coefficient (Wildman–Crippen LogP) is 2.56. The fourth-order valence-corrected chi connectivity index (χ4v) is 2.11. The molecule has 0 unspecified atom stereocenters. The summed E-state index contributed by atoms with van der Waals surface area (Å²) in [6.45, 7) is 0. The van der Waals surface area contributed by atoms with Crippen LogP contribution in [0.3, 0.4) is 0 Å². The maximum Gasteiger partial charge on any atom is 0.335 e. The summed E-state index contributed by atoms with van der Waals surface area (Å²) < 4.78 is 10.00. The molecule has 2 N–H and O–H groups in total. The number of nitro benzene ring substituents is 1. The number of hydrogen-bond acceptors (Lipinski definition) is 6. The van der Waals surface area contributed by atoms with Crippen LogP contribution in [-0.2, 0) is 0 Å². The number of carboxylic acids is 1. The SMILES string of the molecule is COc1cc(C(=O)Nc2ccc(C(=O)O)cc2)cc([N+](=O)[O-])c1OC. The Balaban J connectivity index is 2.33. The molecular formula is C16H14N2O7. The zero-order valence-electron chi connectivity index (χ0n) is 13.3. The van der Waals surface area contributed by atoms with Gasteiger partial charge < -0.3 is 19.9 Å². The van der Waals surface area contributed by atoms with Crippen molar-refractivity contribution in [2.24, 2.45) is 0 Å². The number of nitrogens with zero attached hydrogens (tertiary/aromatic N) is 1. The zero-order chi connectivity index (χ0) is 18.6. The summed E-state index contributed by atoms with van der Waals surface area (Å²) in [5, 5.41) is 22.5. The van der Waals surface area contributed by atoms with Crippen molar-refractivity contribution in [1.29, 1.82) is 0 Å². The summed E-state index contributed by atoms with van der Waals surface area (Å²) in [5.41, 5.74) is -0.00734. The van der Waals surface area contributed by atoms with E-state index in [2.05, 4.69) is 5.32 Å². The Morgan fingerprint density at radius 1 is 1.08 bits per heavy atom. The maximum atomic E-state index is 12.3. The molecule has 9 heteroatoms. The number of rotatable bonds is 6. The molecule has 0 aliphatic heterocycles. The second-order valence-electron chi connectivity index (χ2n) is 4.82. The van der Waals surface area contributed by atoms with Crippen molar-refractivity contribution in [3.05, 3.63) is 57.6 Å².